The van der Waals surface area contributed by atoms with Crippen LogP contribution in [0.4, 0.5) is 5.82 Å². The minimum atomic E-state index is 0.108. The van der Waals surface area contributed by atoms with Gasteiger partial charge < -0.3 is 15.1 Å². The largest absolute Gasteiger partial charge is 0.347 e. The molecule has 0 unspecified atom stereocenters. The highest BCUT2D eigenvalue weighted by Gasteiger charge is 2.21. The quantitative estimate of drug-likeness (QED) is 0.781. The van der Waals surface area contributed by atoms with Gasteiger partial charge in [0.2, 0.25) is 5.91 Å². The zero-order valence-corrected chi connectivity index (χ0v) is 14.2. The lowest BCUT2D eigenvalue weighted by Gasteiger charge is -2.26. The Morgan fingerprint density at radius 1 is 1.33 bits per heavy atom. The van der Waals surface area contributed by atoms with E-state index in [0.717, 1.165) is 37.6 Å². The average Bonchev–Trinajstić information content (AvgIpc) is 2.69. The highest BCUT2D eigenvalue weighted by Crippen LogP contribution is 2.23. The van der Waals surface area contributed by atoms with E-state index in [-0.39, 0.29) is 5.91 Å². The summed E-state index contributed by atoms with van der Waals surface area (Å²) in [6.07, 6.45) is 0.992. The highest BCUT2D eigenvalue weighted by molar-refractivity contribution is 5.81. The second kappa shape index (κ2) is 8.02. The maximum absolute atomic E-state index is 12.1. The van der Waals surface area contributed by atoms with Crippen LogP contribution in [0.25, 0.3) is 0 Å². The van der Waals surface area contributed by atoms with Crippen LogP contribution in [0.5, 0.6) is 0 Å². The first-order valence-electron chi connectivity index (χ1n) is 7.60. The number of likely N-dealkylation sites (N-methyl/N-ethyl adjacent to an activating group) is 1. The average molecular weight is 295 g/mol. The van der Waals surface area contributed by atoms with Gasteiger partial charge in [-0.25, -0.2) is 0 Å². The molecule has 0 saturated heterocycles. The molecule has 6 heteroatoms. The van der Waals surface area contributed by atoms with Crippen molar-refractivity contribution >= 4 is 11.7 Å². The van der Waals surface area contributed by atoms with E-state index in [4.69, 9.17) is 0 Å². The van der Waals surface area contributed by atoms with Crippen molar-refractivity contribution in [3.63, 3.8) is 0 Å². The summed E-state index contributed by atoms with van der Waals surface area (Å²) in [5.41, 5.74) is 2.20. The van der Waals surface area contributed by atoms with Crippen LogP contribution in [0.3, 0.4) is 0 Å². The lowest BCUT2D eigenvalue weighted by Crippen LogP contribution is -2.38. The number of aryl methyl sites for hydroxylation is 2. The molecular weight excluding hydrogens is 266 g/mol. The van der Waals surface area contributed by atoms with Gasteiger partial charge in [0.05, 0.1) is 12.2 Å². The molecule has 21 heavy (non-hydrogen) atoms. The molecule has 0 aliphatic rings. The molecule has 1 aromatic heterocycles. The molecule has 0 bridgehead atoms. The summed E-state index contributed by atoms with van der Waals surface area (Å²) in [4.78, 5) is 15.9. The molecule has 0 aliphatic carbocycles. The molecule has 1 heterocycles. The highest BCUT2D eigenvalue weighted by atomic mass is 16.2. The molecule has 6 nitrogen and oxygen atoms in total. The Bertz CT molecular complexity index is 467. The van der Waals surface area contributed by atoms with Crippen LogP contribution in [0.15, 0.2) is 0 Å². The SMILES string of the molecule is CCCN(CC(=O)N(C)C)c1c(CNCC)c(C)nn1C. The lowest BCUT2D eigenvalue weighted by molar-refractivity contribution is -0.127. The molecule has 0 aromatic carbocycles. The number of nitrogens with one attached hydrogen (secondary N) is 1. The van der Waals surface area contributed by atoms with Gasteiger partial charge in [-0.1, -0.05) is 13.8 Å². The standard InChI is InChI=1S/C15H29N5O/c1-7-9-20(11-14(21)18(4)5)15-13(10-16-8-2)12(3)17-19(15)6/h16H,7-11H2,1-6H3. The normalized spacial score (nSPS) is 10.8. The van der Waals surface area contributed by atoms with E-state index in [0.29, 0.717) is 6.54 Å². The number of anilines is 1. The molecule has 1 rings (SSSR count). The summed E-state index contributed by atoms with van der Waals surface area (Å²) >= 11 is 0. The van der Waals surface area contributed by atoms with Crippen molar-refractivity contribution in [2.75, 3.05) is 38.6 Å². The van der Waals surface area contributed by atoms with Gasteiger partial charge in [-0.15, -0.1) is 0 Å². The zero-order valence-electron chi connectivity index (χ0n) is 14.2. The third-order valence-corrected chi connectivity index (χ3v) is 3.48. The first-order chi connectivity index (χ1) is 9.92. The minimum absolute atomic E-state index is 0.108. The second-order valence-corrected chi connectivity index (χ2v) is 5.50. The first kappa shape index (κ1) is 17.5. The van der Waals surface area contributed by atoms with E-state index >= 15 is 0 Å². The van der Waals surface area contributed by atoms with Gasteiger partial charge >= 0.3 is 0 Å². The lowest BCUT2D eigenvalue weighted by atomic mass is 10.2. The van der Waals surface area contributed by atoms with Gasteiger partial charge in [-0.2, -0.15) is 5.10 Å². The summed E-state index contributed by atoms with van der Waals surface area (Å²) in [7, 11) is 5.53. The topological polar surface area (TPSA) is 53.4 Å². The number of hydrogen-bond acceptors (Lipinski definition) is 4. The number of rotatable bonds is 8. The minimum Gasteiger partial charge on any atom is -0.347 e. The van der Waals surface area contributed by atoms with Crippen molar-refractivity contribution in [2.45, 2.75) is 33.7 Å². The fraction of sp³-hybridized carbons (Fsp3) is 0.733. The fourth-order valence-electron chi connectivity index (χ4n) is 2.38. The Labute approximate surface area is 128 Å². The molecule has 1 aromatic rings. The van der Waals surface area contributed by atoms with Crippen LogP contribution in [0.1, 0.15) is 31.5 Å². The van der Waals surface area contributed by atoms with Gasteiger partial charge in [0.25, 0.3) is 0 Å². The molecule has 0 saturated carbocycles. The molecule has 120 valence electrons. The Kier molecular flexibility index (Phi) is 6.68. The molecule has 0 atom stereocenters. The van der Waals surface area contributed by atoms with E-state index in [1.807, 2.05) is 18.7 Å². The van der Waals surface area contributed by atoms with E-state index in [1.165, 1.54) is 5.56 Å². The van der Waals surface area contributed by atoms with Crippen molar-refractivity contribution in [3.05, 3.63) is 11.3 Å². The third-order valence-electron chi connectivity index (χ3n) is 3.48. The smallest absolute Gasteiger partial charge is 0.241 e. The van der Waals surface area contributed by atoms with Crippen molar-refractivity contribution in [1.29, 1.82) is 0 Å². The van der Waals surface area contributed by atoms with E-state index in [2.05, 4.69) is 29.2 Å². The van der Waals surface area contributed by atoms with Gasteiger partial charge in [0, 0.05) is 39.8 Å². The van der Waals surface area contributed by atoms with Crippen molar-refractivity contribution < 1.29 is 4.79 Å². The summed E-state index contributed by atoms with van der Waals surface area (Å²) in [5.74, 6) is 1.15. The Morgan fingerprint density at radius 2 is 2.00 bits per heavy atom. The molecule has 0 radical (unpaired) electrons. The van der Waals surface area contributed by atoms with Crippen LogP contribution in [0.2, 0.25) is 0 Å². The fourth-order valence-corrected chi connectivity index (χ4v) is 2.38. The molecule has 0 spiro atoms. The third kappa shape index (κ3) is 4.46. The number of carbonyl (C=O) groups is 1. The number of hydrogen-bond donors (Lipinski definition) is 1. The summed E-state index contributed by atoms with van der Waals surface area (Å²) in [6, 6.07) is 0. The maximum Gasteiger partial charge on any atom is 0.241 e. The van der Waals surface area contributed by atoms with E-state index in [1.54, 1.807) is 19.0 Å². The molecule has 0 fully saturated rings. The van der Waals surface area contributed by atoms with Crippen LogP contribution in [0, 0.1) is 6.92 Å². The Hall–Kier alpha value is -1.56. The van der Waals surface area contributed by atoms with Gasteiger partial charge in [-0.05, 0) is 19.9 Å². The number of amides is 1. The summed E-state index contributed by atoms with van der Waals surface area (Å²) < 4.78 is 1.89. The Morgan fingerprint density at radius 3 is 2.52 bits per heavy atom. The number of carbonyl (C=O) groups excluding carboxylic acids is 1. The molecule has 1 N–H and O–H groups in total. The predicted molar refractivity (Wildman–Crippen MR) is 86.5 cm³/mol. The van der Waals surface area contributed by atoms with Gasteiger partial charge in [0.15, 0.2) is 0 Å². The number of nitrogens with zero attached hydrogens (tertiary/aromatic N) is 4. The summed E-state index contributed by atoms with van der Waals surface area (Å²) in [6.45, 7) is 9.16. The molecular formula is C15H29N5O. The van der Waals surface area contributed by atoms with Gasteiger partial charge in [-0.3, -0.25) is 9.48 Å². The zero-order chi connectivity index (χ0) is 16.0. The Balaban J connectivity index is 3.08. The van der Waals surface area contributed by atoms with Crippen LogP contribution >= 0.6 is 0 Å². The molecule has 0 aliphatic heterocycles. The van der Waals surface area contributed by atoms with Crippen molar-refractivity contribution in [1.82, 2.24) is 20.0 Å². The van der Waals surface area contributed by atoms with Crippen molar-refractivity contribution in [3.8, 4) is 0 Å². The number of aromatic nitrogens is 2. The van der Waals surface area contributed by atoms with E-state index in [9.17, 15) is 4.79 Å². The van der Waals surface area contributed by atoms with Crippen LogP contribution in [-0.2, 0) is 18.4 Å². The monoisotopic (exact) mass is 295 g/mol. The van der Waals surface area contributed by atoms with Gasteiger partial charge in [0.1, 0.15) is 5.82 Å². The van der Waals surface area contributed by atoms with Crippen LogP contribution in [-0.4, -0.2) is 54.3 Å². The van der Waals surface area contributed by atoms with E-state index < -0.39 is 0 Å². The predicted octanol–water partition coefficient (Wildman–Crippen LogP) is 1.14. The second-order valence-electron chi connectivity index (χ2n) is 5.50. The summed E-state index contributed by atoms with van der Waals surface area (Å²) in [5, 5.41) is 7.89. The maximum atomic E-state index is 12.1. The van der Waals surface area contributed by atoms with Crippen molar-refractivity contribution in [2.24, 2.45) is 7.05 Å². The molecule has 1 amide bonds. The van der Waals surface area contributed by atoms with Crippen LogP contribution < -0.4 is 10.2 Å². The first-order valence-corrected chi connectivity index (χ1v) is 7.60.